The number of aromatic nitrogens is 2. The van der Waals surface area contributed by atoms with Crippen LogP contribution in [0, 0.1) is 0 Å². The van der Waals surface area contributed by atoms with Crippen molar-refractivity contribution in [2.45, 2.75) is 19.4 Å². The zero-order chi connectivity index (χ0) is 15.2. The Kier molecular flexibility index (Phi) is 4.55. The Balaban J connectivity index is 1.83. The van der Waals surface area contributed by atoms with Gasteiger partial charge in [0.2, 0.25) is 5.91 Å². The molecule has 4 N–H and O–H groups in total. The molecule has 110 valence electrons. The van der Waals surface area contributed by atoms with Crippen LogP contribution in [0.1, 0.15) is 12.8 Å². The van der Waals surface area contributed by atoms with Crippen LogP contribution >= 0.6 is 0 Å². The van der Waals surface area contributed by atoms with Crippen molar-refractivity contribution in [2.75, 3.05) is 11.1 Å². The quantitative estimate of drug-likeness (QED) is 0.697. The van der Waals surface area contributed by atoms with Gasteiger partial charge in [-0.2, -0.15) is 0 Å². The number of rotatable bonds is 5. The molecule has 2 aromatic rings. The van der Waals surface area contributed by atoms with Crippen molar-refractivity contribution in [3.05, 3.63) is 57.4 Å². The first-order valence-corrected chi connectivity index (χ1v) is 6.50. The molecule has 0 spiro atoms. The number of carbonyl (C=O) groups excluding carboxylic acids is 1. The number of nitrogens with zero attached hydrogens (tertiary/aromatic N) is 1. The fourth-order valence-electron chi connectivity index (χ4n) is 1.82. The Morgan fingerprint density at radius 1 is 1.19 bits per heavy atom. The smallest absolute Gasteiger partial charge is 0.328 e. The van der Waals surface area contributed by atoms with Gasteiger partial charge in [-0.25, -0.2) is 4.79 Å². The molecule has 0 atom stereocenters. The van der Waals surface area contributed by atoms with Gasteiger partial charge in [-0.3, -0.25) is 14.6 Å². The highest BCUT2D eigenvalue weighted by molar-refractivity contribution is 5.90. The van der Waals surface area contributed by atoms with Gasteiger partial charge in [0.25, 0.3) is 5.56 Å². The zero-order valence-corrected chi connectivity index (χ0v) is 11.3. The van der Waals surface area contributed by atoms with Crippen LogP contribution in [0.4, 0.5) is 11.4 Å². The summed E-state index contributed by atoms with van der Waals surface area (Å²) in [5, 5.41) is 2.74. The van der Waals surface area contributed by atoms with Gasteiger partial charge in [0.05, 0.1) is 0 Å². The van der Waals surface area contributed by atoms with Crippen molar-refractivity contribution in [3.63, 3.8) is 0 Å². The summed E-state index contributed by atoms with van der Waals surface area (Å²) in [7, 11) is 0. The lowest BCUT2D eigenvalue weighted by atomic mass is 10.2. The summed E-state index contributed by atoms with van der Waals surface area (Å²) in [5.41, 5.74) is 5.96. The standard InChI is InChI=1S/C14H16N4O3/c15-10-3-5-11(6-4-10)16-12(19)2-1-8-18-9-7-13(20)17-14(18)21/h3-7,9H,1-2,8,15H2,(H,16,19)(H,17,20,21). The fraction of sp³-hybridized carbons (Fsp3) is 0.214. The zero-order valence-electron chi connectivity index (χ0n) is 11.3. The molecule has 1 heterocycles. The number of carbonyl (C=O) groups is 1. The minimum Gasteiger partial charge on any atom is -0.399 e. The largest absolute Gasteiger partial charge is 0.399 e. The van der Waals surface area contributed by atoms with Crippen molar-refractivity contribution >= 4 is 17.3 Å². The number of aromatic amines is 1. The number of nitrogens with two attached hydrogens (primary N) is 1. The predicted molar refractivity (Wildman–Crippen MR) is 80.0 cm³/mol. The van der Waals surface area contributed by atoms with Crippen LogP contribution in [0.2, 0.25) is 0 Å². The van der Waals surface area contributed by atoms with Gasteiger partial charge in [0.15, 0.2) is 0 Å². The monoisotopic (exact) mass is 288 g/mol. The SMILES string of the molecule is Nc1ccc(NC(=O)CCCn2ccc(=O)[nH]c2=O)cc1. The van der Waals surface area contributed by atoms with E-state index in [0.29, 0.717) is 24.3 Å². The Labute approximate surface area is 120 Å². The van der Waals surface area contributed by atoms with Crippen molar-refractivity contribution < 1.29 is 4.79 Å². The second-order valence-corrected chi connectivity index (χ2v) is 4.58. The molecule has 0 radical (unpaired) electrons. The van der Waals surface area contributed by atoms with Crippen LogP contribution < -0.4 is 22.3 Å². The summed E-state index contributed by atoms with van der Waals surface area (Å²) in [6.07, 6.45) is 2.18. The lowest BCUT2D eigenvalue weighted by Crippen LogP contribution is -2.28. The molecule has 1 amide bonds. The molecule has 2 rings (SSSR count). The van der Waals surface area contributed by atoms with E-state index in [1.807, 2.05) is 0 Å². The molecular formula is C14H16N4O3. The highest BCUT2D eigenvalue weighted by Gasteiger charge is 2.03. The maximum absolute atomic E-state index is 11.7. The molecule has 0 fully saturated rings. The summed E-state index contributed by atoms with van der Waals surface area (Å²) in [6.45, 7) is 0.366. The highest BCUT2D eigenvalue weighted by atomic mass is 16.2. The van der Waals surface area contributed by atoms with E-state index in [9.17, 15) is 14.4 Å². The van der Waals surface area contributed by atoms with Crippen molar-refractivity contribution in [1.82, 2.24) is 9.55 Å². The maximum Gasteiger partial charge on any atom is 0.328 e. The number of hydrogen-bond donors (Lipinski definition) is 3. The summed E-state index contributed by atoms with van der Waals surface area (Å²) >= 11 is 0. The molecule has 21 heavy (non-hydrogen) atoms. The number of hydrogen-bond acceptors (Lipinski definition) is 4. The maximum atomic E-state index is 11.7. The Bertz CT molecular complexity index is 731. The molecule has 1 aromatic heterocycles. The number of nitrogen functional groups attached to an aromatic ring is 1. The van der Waals surface area contributed by atoms with E-state index in [4.69, 9.17) is 5.73 Å². The molecule has 0 unspecified atom stereocenters. The average molecular weight is 288 g/mol. The van der Waals surface area contributed by atoms with Crippen LogP contribution in [0.5, 0.6) is 0 Å². The average Bonchev–Trinajstić information content (AvgIpc) is 2.44. The highest BCUT2D eigenvalue weighted by Crippen LogP contribution is 2.11. The topological polar surface area (TPSA) is 110 Å². The van der Waals surface area contributed by atoms with Gasteiger partial charge in [-0.05, 0) is 30.7 Å². The van der Waals surface area contributed by atoms with E-state index < -0.39 is 11.2 Å². The van der Waals surface area contributed by atoms with Crippen LogP contribution in [0.25, 0.3) is 0 Å². The van der Waals surface area contributed by atoms with Crippen LogP contribution in [-0.2, 0) is 11.3 Å². The first-order valence-electron chi connectivity index (χ1n) is 6.50. The molecule has 0 bridgehead atoms. The van der Waals surface area contributed by atoms with Crippen LogP contribution in [-0.4, -0.2) is 15.5 Å². The van der Waals surface area contributed by atoms with Gasteiger partial charge < -0.3 is 15.6 Å². The molecule has 1 aromatic carbocycles. The minimum absolute atomic E-state index is 0.141. The van der Waals surface area contributed by atoms with Gasteiger partial charge in [-0.1, -0.05) is 0 Å². The van der Waals surface area contributed by atoms with E-state index in [1.165, 1.54) is 16.8 Å². The predicted octanol–water partition coefficient (Wildman–Crippen LogP) is 0.538. The molecule has 0 saturated carbocycles. The Morgan fingerprint density at radius 2 is 1.90 bits per heavy atom. The Morgan fingerprint density at radius 3 is 2.57 bits per heavy atom. The fourth-order valence-corrected chi connectivity index (χ4v) is 1.82. The number of amides is 1. The van der Waals surface area contributed by atoms with Crippen LogP contribution in [0.3, 0.4) is 0 Å². The Hall–Kier alpha value is -2.83. The first-order chi connectivity index (χ1) is 10.0. The number of H-pyrrole nitrogens is 1. The molecule has 7 heteroatoms. The number of benzene rings is 1. The van der Waals surface area contributed by atoms with Crippen LogP contribution in [0.15, 0.2) is 46.1 Å². The van der Waals surface area contributed by atoms with E-state index in [-0.39, 0.29) is 12.3 Å². The number of nitrogens with one attached hydrogen (secondary N) is 2. The molecule has 0 aliphatic heterocycles. The molecular weight excluding hydrogens is 272 g/mol. The van der Waals surface area contributed by atoms with Gasteiger partial charge >= 0.3 is 5.69 Å². The summed E-state index contributed by atoms with van der Waals surface area (Å²) < 4.78 is 1.36. The molecule has 0 aliphatic carbocycles. The number of aryl methyl sites for hydroxylation is 1. The lowest BCUT2D eigenvalue weighted by Gasteiger charge is -2.06. The third-order valence-electron chi connectivity index (χ3n) is 2.89. The lowest BCUT2D eigenvalue weighted by molar-refractivity contribution is -0.116. The van der Waals surface area contributed by atoms with E-state index in [2.05, 4.69) is 10.3 Å². The van der Waals surface area contributed by atoms with E-state index >= 15 is 0 Å². The third-order valence-corrected chi connectivity index (χ3v) is 2.89. The third kappa shape index (κ3) is 4.34. The molecule has 0 aliphatic rings. The molecule has 7 nitrogen and oxygen atoms in total. The van der Waals surface area contributed by atoms with Gasteiger partial charge in [0, 0.05) is 36.6 Å². The van der Waals surface area contributed by atoms with Gasteiger partial charge in [-0.15, -0.1) is 0 Å². The second-order valence-electron chi connectivity index (χ2n) is 4.58. The van der Waals surface area contributed by atoms with E-state index in [0.717, 1.165) is 0 Å². The summed E-state index contributed by atoms with van der Waals surface area (Å²) in [4.78, 5) is 36.2. The first kappa shape index (κ1) is 14.6. The van der Waals surface area contributed by atoms with E-state index in [1.54, 1.807) is 24.3 Å². The molecule has 0 saturated heterocycles. The van der Waals surface area contributed by atoms with Crippen molar-refractivity contribution in [2.24, 2.45) is 0 Å². The van der Waals surface area contributed by atoms with Crippen molar-refractivity contribution in [3.8, 4) is 0 Å². The summed E-state index contributed by atoms with van der Waals surface area (Å²) in [5.74, 6) is -0.141. The number of anilines is 2. The summed E-state index contributed by atoms with van der Waals surface area (Å²) in [6, 6.07) is 8.13. The normalized spacial score (nSPS) is 10.3. The minimum atomic E-state index is -0.471. The second kappa shape index (κ2) is 6.56. The van der Waals surface area contributed by atoms with Gasteiger partial charge in [0.1, 0.15) is 0 Å². The van der Waals surface area contributed by atoms with Crippen molar-refractivity contribution in [1.29, 1.82) is 0 Å².